The number of anilines is 1. The fourth-order valence-electron chi connectivity index (χ4n) is 3.46. The van der Waals surface area contributed by atoms with E-state index >= 15 is 0 Å². The minimum absolute atomic E-state index is 0.0879. The van der Waals surface area contributed by atoms with Crippen molar-refractivity contribution in [2.45, 2.75) is 12.1 Å². The predicted octanol–water partition coefficient (Wildman–Crippen LogP) is 4.43. The third-order valence-corrected chi connectivity index (χ3v) is 6.47. The molecule has 5 rings (SSSR count). The average Bonchev–Trinajstić information content (AvgIpc) is 3.29. The second-order valence-electron chi connectivity index (χ2n) is 7.11. The fourth-order valence-corrected chi connectivity index (χ4v) is 4.81. The molecule has 32 heavy (non-hydrogen) atoms. The summed E-state index contributed by atoms with van der Waals surface area (Å²) in [6.07, 6.45) is 0. The summed E-state index contributed by atoms with van der Waals surface area (Å²) < 4.78 is 10.0. The van der Waals surface area contributed by atoms with Gasteiger partial charge in [0, 0.05) is 0 Å². The first kappa shape index (κ1) is 20.3. The molecule has 0 aliphatic rings. The van der Waals surface area contributed by atoms with Gasteiger partial charge in [-0.25, -0.2) is 4.98 Å². The van der Waals surface area contributed by atoms with Gasteiger partial charge in [-0.05, 0) is 42.8 Å². The van der Waals surface area contributed by atoms with Crippen molar-refractivity contribution in [2.75, 3.05) is 11.1 Å². The second-order valence-corrected chi connectivity index (χ2v) is 8.58. The zero-order valence-electron chi connectivity index (χ0n) is 17.0. The number of nitrogens with one attached hydrogen (secondary N) is 1. The Bertz CT molecular complexity index is 1530. The van der Waals surface area contributed by atoms with E-state index in [9.17, 15) is 9.59 Å². The van der Waals surface area contributed by atoms with Crippen LogP contribution in [0.3, 0.4) is 0 Å². The van der Waals surface area contributed by atoms with E-state index in [-0.39, 0.29) is 17.2 Å². The highest BCUT2D eigenvalue weighted by Gasteiger charge is 2.16. The van der Waals surface area contributed by atoms with Gasteiger partial charge in [-0.1, -0.05) is 48.2 Å². The van der Waals surface area contributed by atoms with E-state index in [2.05, 4.69) is 14.1 Å². The molecule has 7 nitrogen and oxygen atoms in total. The highest BCUT2D eigenvalue weighted by atomic mass is 32.2. The number of amides is 1. The van der Waals surface area contributed by atoms with Crippen molar-refractivity contribution in [1.29, 1.82) is 0 Å². The van der Waals surface area contributed by atoms with E-state index in [4.69, 9.17) is 4.98 Å². The average molecular weight is 460 g/mol. The van der Waals surface area contributed by atoms with Crippen molar-refractivity contribution in [3.05, 3.63) is 82.6 Å². The van der Waals surface area contributed by atoms with Crippen LogP contribution in [0.4, 0.5) is 5.69 Å². The molecule has 0 unspecified atom stereocenters. The number of hydrogen-bond donors (Lipinski definition) is 1. The van der Waals surface area contributed by atoms with Crippen LogP contribution in [0.5, 0.6) is 0 Å². The second kappa shape index (κ2) is 8.52. The van der Waals surface area contributed by atoms with E-state index in [1.165, 1.54) is 11.8 Å². The molecule has 1 amide bonds. The molecule has 0 radical (unpaired) electrons. The quantitative estimate of drug-likeness (QED) is 0.309. The molecule has 0 aliphatic heterocycles. The van der Waals surface area contributed by atoms with Crippen LogP contribution >= 0.6 is 23.5 Å². The molecule has 0 fully saturated rings. The Morgan fingerprint density at radius 3 is 2.66 bits per heavy atom. The van der Waals surface area contributed by atoms with Crippen LogP contribution in [0.1, 0.15) is 5.56 Å². The first-order valence-electron chi connectivity index (χ1n) is 9.83. The Morgan fingerprint density at radius 2 is 1.78 bits per heavy atom. The van der Waals surface area contributed by atoms with Gasteiger partial charge in [0.1, 0.15) is 11.0 Å². The lowest BCUT2D eigenvalue weighted by molar-refractivity contribution is -0.113. The maximum Gasteiger partial charge on any atom is 0.266 e. The molecule has 2 aromatic heterocycles. The Balaban J connectivity index is 1.49. The van der Waals surface area contributed by atoms with Crippen LogP contribution in [0.15, 0.2) is 76.7 Å². The van der Waals surface area contributed by atoms with Gasteiger partial charge in [-0.2, -0.15) is 8.75 Å². The van der Waals surface area contributed by atoms with Gasteiger partial charge in [0.15, 0.2) is 5.16 Å². The first-order valence-corrected chi connectivity index (χ1v) is 11.5. The molecule has 0 atom stereocenters. The van der Waals surface area contributed by atoms with Crippen LogP contribution < -0.4 is 10.9 Å². The standard InChI is InChI=1S/C23H17N5O2S2/c1-14-7-2-5-12-19(14)28-22(30)15-8-3-4-9-16(15)25-23(28)31-13-20(29)24-17-10-6-11-18-21(17)27-32-26-18/h2-12H,13H2,1H3,(H,24,29). The third kappa shape index (κ3) is 3.76. The highest BCUT2D eigenvalue weighted by Crippen LogP contribution is 2.25. The Labute approximate surface area is 191 Å². The zero-order valence-corrected chi connectivity index (χ0v) is 18.6. The summed E-state index contributed by atoms with van der Waals surface area (Å²) in [5.74, 6) is -0.126. The fraction of sp³-hybridized carbons (Fsp3) is 0.0870. The number of aromatic nitrogens is 4. The number of thioether (sulfide) groups is 1. The van der Waals surface area contributed by atoms with E-state index in [1.54, 1.807) is 22.8 Å². The van der Waals surface area contributed by atoms with Gasteiger partial charge in [0.25, 0.3) is 5.56 Å². The van der Waals surface area contributed by atoms with Crippen LogP contribution in [0.25, 0.3) is 27.6 Å². The zero-order chi connectivity index (χ0) is 22.1. The summed E-state index contributed by atoms with van der Waals surface area (Å²) in [4.78, 5) is 30.8. The topological polar surface area (TPSA) is 89.8 Å². The van der Waals surface area contributed by atoms with E-state index < -0.39 is 0 Å². The Kier molecular flexibility index (Phi) is 5.42. The molecular formula is C23H17N5O2S2. The predicted molar refractivity (Wildman–Crippen MR) is 129 cm³/mol. The Hall–Kier alpha value is -3.56. The maximum atomic E-state index is 13.3. The minimum Gasteiger partial charge on any atom is -0.323 e. The summed E-state index contributed by atoms with van der Waals surface area (Å²) >= 11 is 2.32. The van der Waals surface area contributed by atoms with Crippen LogP contribution in [0, 0.1) is 6.92 Å². The number of benzene rings is 3. The molecule has 2 heterocycles. The number of rotatable bonds is 5. The van der Waals surface area contributed by atoms with Gasteiger partial charge in [0.2, 0.25) is 5.91 Å². The molecular weight excluding hydrogens is 442 g/mol. The summed E-state index contributed by atoms with van der Waals surface area (Å²) in [7, 11) is 0. The van der Waals surface area contributed by atoms with E-state index in [0.717, 1.165) is 28.5 Å². The summed E-state index contributed by atoms with van der Waals surface area (Å²) in [5, 5.41) is 3.89. The molecule has 9 heteroatoms. The van der Waals surface area contributed by atoms with Gasteiger partial charge >= 0.3 is 0 Å². The lowest BCUT2D eigenvalue weighted by Crippen LogP contribution is -2.23. The molecule has 158 valence electrons. The highest BCUT2D eigenvalue weighted by molar-refractivity contribution is 7.99. The molecule has 0 bridgehead atoms. The number of aryl methyl sites for hydroxylation is 1. The van der Waals surface area contributed by atoms with Gasteiger partial charge in [0.05, 0.1) is 39.8 Å². The van der Waals surface area contributed by atoms with E-state index in [1.807, 2.05) is 55.5 Å². The molecule has 0 spiro atoms. The van der Waals surface area contributed by atoms with E-state index in [0.29, 0.717) is 27.3 Å². The molecule has 3 aromatic carbocycles. The van der Waals surface area contributed by atoms with Crippen molar-refractivity contribution in [2.24, 2.45) is 0 Å². The van der Waals surface area contributed by atoms with Crippen molar-refractivity contribution in [1.82, 2.24) is 18.3 Å². The molecule has 0 aliphatic carbocycles. The first-order chi connectivity index (χ1) is 15.6. The van der Waals surface area contributed by atoms with Crippen molar-refractivity contribution in [3.8, 4) is 5.69 Å². The third-order valence-electron chi connectivity index (χ3n) is 4.99. The van der Waals surface area contributed by atoms with Gasteiger partial charge < -0.3 is 5.32 Å². The lowest BCUT2D eigenvalue weighted by Gasteiger charge is -2.15. The monoisotopic (exact) mass is 459 g/mol. The molecule has 0 saturated carbocycles. The maximum absolute atomic E-state index is 13.3. The van der Waals surface area contributed by atoms with Crippen LogP contribution in [-0.2, 0) is 4.79 Å². The summed E-state index contributed by atoms with van der Waals surface area (Å²) in [6, 6.07) is 20.3. The van der Waals surface area contributed by atoms with Crippen LogP contribution in [-0.4, -0.2) is 30.0 Å². The number of nitrogens with zero attached hydrogens (tertiary/aromatic N) is 4. The smallest absolute Gasteiger partial charge is 0.266 e. The lowest BCUT2D eigenvalue weighted by atomic mass is 10.2. The Morgan fingerprint density at radius 1 is 1.00 bits per heavy atom. The van der Waals surface area contributed by atoms with Crippen molar-refractivity contribution >= 4 is 57.0 Å². The number of carbonyl (C=O) groups excluding carboxylic acids is 1. The summed E-state index contributed by atoms with van der Waals surface area (Å²) in [5.41, 5.74) is 4.15. The van der Waals surface area contributed by atoms with Gasteiger partial charge in [-0.15, -0.1) is 0 Å². The molecule has 0 saturated heterocycles. The van der Waals surface area contributed by atoms with Gasteiger partial charge in [-0.3, -0.25) is 14.2 Å². The summed E-state index contributed by atoms with van der Waals surface area (Å²) in [6.45, 7) is 1.95. The van der Waals surface area contributed by atoms with Crippen LogP contribution in [0.2, 0.25) is 0 Å². The largest absolute Gasteiger partial charge is 0.323 e. The van der Waals surface area contributed by atoms with Crippen molar-refractivity contribution < 1.29 is 4.79 Å². The number of fused-ring (bicyclic) bond motifs is 2. The minimum atomic E-state index is -0.214. The van der Waals surface area contributed by atoms with Crippen molar-refractivity contribution in [3.63, 3.8) is 0 Å². The SMILES string of the molecule is Cc1ccccc1-n1c(SCC(=O)Nc2cccc3nsnc23)nc2ccccc2c1=O. The normalized spacial score (nSPS) is 11.2. The number of hydrogen-bond acceptors (Lipinski definition) is 7. The number of para-hydroxylation sites is 2. The molecule has 5 aromatic rings. The number of carbonyl (C=O) groups is 1. The molecule has 1 N–H and O–H groups in total.